The molecule has 1 aromatic heterocycles. The van der Waals surface area contributed by atoms with Crippen molar-refractivity contribution < 1.29 is 9.59 Å². The van der Waals surface area contributed by atoms with Gasteiger partial charge in [-0.3, -0.25) is 14.6 Å². The minimum Gasteiger partial charge on any atom is -0.328 e. The minimum atomic E-state index is -0.229. The SMILES string of the molecule is CCCN(CC(=O)Nc1ccccc1C)C(=O)c1ccccn1. The van der Waals surface area contributed by atoms with Crippen molar-refractivity contribution in [2.45, 2.75) is 20.3 Å². The van der Waals surface area contributed by atoms with Crippen molar-refractivity contribution in [2.75, 3.05) is 18.4 Å². The zero-order chi connectivity index (χ0) is 16.7. The van der Waals surface area contributed by atoms with Crippen LogP contribution in [0.1, 0.15) is 29.4 Å². The van der Waals surface area contributed by atoms with Gasteiger partial charge in [-0.25, -0.2) is 0 Å². The van der Waals surface area contributed by atoms with Gasteiger partial charge in [0, 0.05) is 18.4 Å². The lowest BCUT2D eigenvalue weighted by atomic mass is 10.2. The lowest BCUT2D eigenvalue weighted by Gasteiger charge is -2.21. The fourth-order valence-electron chi connectivity index (χ4n) is 2.25. The maximum Gasteiger partial charge on any atom is 0.272 e. The average molecular weight is 311 g/mol. The molecule has 1 heterocycles. The molecule has 0 fully saturated rings. The third-order valence-electron chi connectivity index (χ3n) is 3.42. The molecule has 0 bridgehead atoms. The van der Waals surface area contributed by atoms with E-state index in [9.17, 15) is 9.59 Å². The number of aryl methyl sites for hydroxylation is 1. The van der Waals surface area contributed by atoms with Crippen molar-refractivity contribution in [3.63, 3.8) is 0 Å². The molecule has 5 nitrogen and oxygen atoms in total. The van der Waals surface area contributed by atoms with E-state index in [0.717, 1.165) is 17.7 Å². The summed E-state index contributed by atoms with van der Waals surface area (Å²) in [7, 11) is 0. The lowest BCUT2D eigenvalue weighted by molar-refractivity contribution is -0.116. The van der Waals surface area contributed by atoms with Crippen LogP contribution in [0.15, 0.2) is 48.7 Å². The van der Waals surface area contributed by atoms with Crippen LogP contribution in [-0.2, 0) is 4.79 Å². The van der Waals surface area contributed by atoms with Crippen LogP contribution < -0.4 is 5.32 Å². The molecule has 0 saturated heterocycles. The van der Waals surface area contributed by atoms with Gasteiger partial charge in [-0.15, -0.1) is 0 Å². The van der Waals surface area contributed by atoms with Crippen LogP contribution in [0.4, 0.5) is 5.69 Å². The van der Waals surface area contributed by atoms with Crippen LogP contribution in [-0.4, -0.2) is 34.8 Å². The van der Waals surface area contributed by atoms with E-state index < -0.39 is 0 Å². The van der Waals surface area contributed by atoms with E-state index in [0.29, 0.717) is 12.2 Å². The second-order valence-electron chi connectivity index (χ2n) is 5.30. The van der Waals surface area contributed by atoms with Crippen molar-refractivity contribution in [1.29, 1.82) is 0 Å². The number of hydrogen-bond acceptors (Lipinski definition) is 3. The Bertz CT molecular complexity index is 671. The maximum atomic E-state index is 12.5. The molecule has 0 aliphatic carbocycles. The number of nitrogens with zero attached hydrogens (tertiary/aromatic N) is 2. The van der Waals surface area contributed by atoms with Gasteiger partial charge in [0.15, 0.2) is 0 Å². The topological polar surface area (TPSA) is 62.3 Å². The summed E-state index contributed by atoms with van der Waals surface area (Å²) in [5, 5.41) is 2.85. The number of amides is 2. The molecule has 0 unspecified atom stereocenters. The average Bonchev–Trinajstić information content (AvgIpc) is 2.57. The second kappa shape index (κ2) is 8.08. The molecule has 5 heteroatoms. The first-order valence-corrected chi connectivity index (χ1v) is 7.67. The third kappa shape index (κ3) is 4.64. The van der Waals surface area contributed by atoms with Gasteiger partial charge in [0.1, 0.15) is 12.2 Å². The number of nitrogens with one attached hydrogen (secondary N) is 1. The van der Waals surface area contributed by atoms with Gasteiger partial charge >= 0.3 is 0 Å². The standard InChI is InChI=1S/C18H21N3O2/c1-3-12-21(18(23)16-10-6-7-11-19-16)13-17(22)20-15-9-5-4-8-14(15)2/h4-11H,3,12-13H2,1-2H3,(H,20,22). The van der Waals surface area contributed by atoms with Gasteiger partial charge in [0.2, 0.25) is 5.91 Å². The molecule has 0 spiro atoms. The Morgan fingerprint density at radius 1 is 1.13 bits per heavy atom. The van der Waals surface area contributed by atoms with E-state index in [1.54, 1.807) is 24.4 Å². The van der Waals surface area contributed by atoms with Crippen LogP contribution in [0.25, 0.3) is 0 Å². The first kappa shape index (κ1) is 16.7. The van der Waals surface area contributed by atoms with Crippen molar-refractivity contribution in [1.82, 2.24) is 9.88 Å². The van der Waals surface area contributed by atoms with Crippen LogP contribution in [0.3, 0.4) is 0 Å². The number of aromatic nitrogens is 1. The summed E-state index contributed by atoms with van der Waals surface area (Å²) in [5.41, 5.74) is 2.10. The Kier molecular flexibility index (Phi) is 5.86. The molecule has 2 amide bonds. The molecule has 2 aromatic rings. The maximum absolute atomic E-state index is 12.5. The second-order valence-corrected chi connectivity index (χ2v) is 5.30. The largest absolute Gasteiger partial charge is 0.328 e. The van der Waals surface area contributed by atoms with Crippen LogP contribution in [0.2, 0.25) is 0 Å². The summed E-state index contributed by atoms with van der Waals surface area (Å²) >= 11 is 0. The summed E-state index contributed by atoms with van der Waals surface area (Å²) in [5.74, 6) is -0.440. The molecule has 1 N–H and O–H groups in total. The van der Waals surface area contributed by atoms with Crippen LogP contribution in [0, 0.1) is 6.92 Å². The van der Waals surface area contributed by atoms with Crippen LogP contribution >= 0.6 is 0 Å². The van der Waals surface area contributed by atoms with Crippen LogP contribution in [0.5, 0.6) is 0 Å². The molecule has 0 radical (unpaired) electrons. The fraction of sp³-hybridized carbons (Fsp3) is 0.278. The number of pyridine rings is 1. The smallest absolute Gasteiger partial charge is 0.272 e. The highest BCUT2D eigenvalue weighted by Gasteiger charge is 2.19. The van der Waals surface area contributed by atoms with Crippen molar-refractivity contribution in [3.8, 4) is 0 Å². The summed E-state index contributed by atoms with van der Waals surface area (Å²) in [6, 6.07) is 12.7. The molecule has 0 saturated carbocycles. The zero-order valence-electron chi connectivity index (χ0n) is 13.5. The predicted molar refractivity (Wildman–Crippen MR) is 90.2 cm³/mol. The normalized spacial score (nSPS) is 10.2. The Labute approximate surface area is 136 Å². The van der Waals surface area contributed by atoms with E-state index in [4.69, 9.17) is 0 Å². The van der Waals surface area contributed by atoms with E-state index in [-0.39, 0.29) is 18.4 Å². The van der Waals surface area contributed by atoms with Gasteiger partial charge < -0.3 is 10.2 Å². The van der Waals surface area contributed by atoms with Gasteiger partial charge in [-0.1, -0.05) is 31.2 Å². The Balaban J connectivity index is 2.05. The quantitative estimate of drug-likeness (QED) is 0.892. The van der Waals surface area contributed by atoms with Gasteiger partial charge in [-0.05, 0) is 37.1 Å². The molecular formula is C18H21N3O2. The fourth-order valence-corrected chi connectivity index (χ4v) is 2.25. The monoisotopic (exact) mass is 311 g/mol. The van der Waals surface area contributed by atoms with E-state index in [1.807, 2.05) is 38.1 Å². The molecule has 0 atom stereocenters. The molecule has 1 aromatic carbocycles. The number of rotatable bonds is 6. The van der Waals surface area contributed by atoms with Gasteiger partial charge in [0.25, 0.3) is 5.91 Å². The Morgan fingerprint density at radius 3 is 2.52 bits per heavy atom. The predicted octanol–water partition coefficient (Wildman–Crippen LogP) is 2.88. The van der Waals surface area contributed by atoms with Gasteiger partial charge in [0.05, 0.1) is 0 Å². The first-order valence-electron chi connectivity index (χ1n) is 7.67. The number of carbonyl (C=O) groups excluding carboxylic acids is 2. The number of benzene rings is 1. The summed E-state index contributed by atoms with van der Waals surface area (Å²) in [4.78, 5) is 30.3. The van der Waals surface area contributed by atoms with E-state index in [1.165, 1.54) is 4.90 Å². The number of hydrogen-bond donors (Lipinski definition) is 1. The highest BCUT2D eigenvalue weighted by Crippen LogP contribution is 2.13. The summed E-state index contributed by atoms with van der Waals surface area (Å²) in [6.07, 6.45) is 2.35. The lowest BCUT2D eigenvalue weighted by Crippen LogP contribution is -2.39. The number of anilines is 1. The zero-order valence-corrected chi connectivity index (χ0v) is 13.5. The van der Waals surface area contributed by atoms with Crippen molar-refractivity contribution in [2.24, 2.45) is 0 Å². The highest BCUT2D eigenvalue weighted by atomic mass is 16.2. The molecule has 120 valence electrons. The summed E-state index contributed by atoms with van der Waals surface area (Å²) in [6.45, 7) is 4.42. The van der Waals surface area contributed by atoms with Crippen molar-refractivity contribution >= 4 is 17.5 Å². The Morgan fingerprint density at radius 2 is 1.87 bits per heavy atom. The molecule has 0 aliphatic rings. The van der Waals surface area contributed by atoms with E-state index >= 15 is 0 Å². The number of carbonyl (C=O) groups is 2. The van der Waals surface area contributed by atoms with E-state index in [2.05, 4.69) is 10.3 Å². The third-order valence-corrected chi connectivity index (χ3v) is 3.42. The summed E-state index contributed by atoms with van der Waals surface area (Å²) < 4.78 is 0. The molecule has 23 heavy (non-hydrogen) atoms. The van der Waals surface area contributed by atoms with Gasteiger partial charge in [-0.2, -0.15) is 0 Å². The van der Waals surface area contributed by atoms with Crippen molar-refractivity contribution in [3.05, 3.63) is 59.9 Å². The molecular weight excluding hydrogens is 290 g/mol. The minimum absolute atomic E-state index is 0.0115. The molecule has 0 aliphatic heterocycles. The highest BCUT2D eigenvalue weighted by molar-refractivity contribution is 5.98. The number of para-hydroxylation sites is 1. The molecule has 2 rings (SSSR count). The Hall–Kier alpha value is -2.69. The first-order chi connectivity index (χ1) is 11.1.